The summed E-state index contributed by atoms with van der Waals surface area (Å²) in [4.78, 5) is 36.2. The van der Waals surface area contributed by atoms with Gasteiger partial charge in [-0.15, -0.1) is 5.10 Å². The molecule has 3 rings (SSSR count). The molecule has 8 nitrogen and oxygen atoms in total. The minimum atomic E-state index is -1.04. The van der Waals surface area contributed by atoms with E-state index in [-0.39, 0.29) is 5.89 Å². The fourth-order valence-electron chi connectivity index (χ4n) is 2.48. The second-order valence-corrected chi connectivity index (χ2v) is 6.19. The Morgan fingerprint density at radius 1 is 1.18 bits per heavy atom. The first-order chi connectivity index (χ1) is 13.4. The number of aryl methyl sites for hydroxylation is 1. The minimum absolute atomic E-state index is 0.101. The van der Waals surface area contributed by atoms with Crippen LogP contribution in [0.5, 0.6) is 0 Å². The number of ether oxygens (including phenoxy) is 1. The number of carbonyl (C=O) groups is 2. The summed E-state index contributed by atoms with van der Waals surface area (Å²) in [5.41, 5.74) is 2.20. The van der Waals surface area contributed by atoms with Gasteiger partial charge in [-0.2, -0.15) is 4.68 Å². The lowest BCUT2D eigenvalue weighted by Crippen LogP contribution is -2.32. The zero-order chi connectivity index (χ0) is 20.1. The van der Waals surface area contributed by atoms with Crippen molar-refractivity contribution in [2.24, 2.45) is 0 Å². The largest absolute Gasteiger partial charge is 0.451 e. The molecule has 0 unspecified atom stereocenters. The lowest BCUT2D eigenvalue weighted by molar-refractivity contribution is -0.154. The van der Waals surface area contributed by atoms with E-state index in [2.05, 4.69) is 10.4 Å². The van der Waals surface area contributed by atoms with Crippen molar-refractivity contribution >= 4 is 17.6 Å². The first kappa shape index (κ1) is 19.1. The van der Waals surface area contributed by atoms with E-state index in [0.717, 1.165) is 10.2 Å². The Kier molecular flexibility index (Phi) is 5.69. The van der Waals surface area contributed by atoms with Crippen LogP contribution in [-0.4, -0.2) is 27.8 Å². The van der Waals surface area contributed by atoms with Crippen molar-refractivity contribution in [3.05, 3.63) is 70.7 Å². The smallest absolute Gasteiger partial charge is 0.437 e. The Balaban J connectivity index is 1.60. The van der Waals surface area contributed by atoms with E-state index >= 15 is 0 Å². The summed E-state index contributed by atoms with van der Waals surface area (Å²) in [6, 6.07) is 16.1. The number of hydrogen-bond acceptors (Lipinski definition) is 6. The predicted octanol–water partition coefficient (Wildman–Crippen LogP) is 2.38. The molecule has 0 aliphatic carbocycles. The second-order valence-electron chi connectivity index (χ2n) is 6.19. The standard InChI is InChI=1S/C20H19N3O5/c1-13-7-6-10-16(11-13)21-18(25)14(2)27-17(24)12-23-20(26)28-19(22-23)15-8-4-3-5-9-15/h3-11,14H,12H2,1-2H3,(H,21,25)/t14-/m1/s1. The van der Waals surface area contributed by atoms with Gasteiger partial charge in [-0.05, 0) is 43.7 Å². The molecule has 1 aromatic heterocycles. The van der Waals surface area contributed by atoms with Crippen molar-refractivity contribution in [1.29, 1.82) is 0 Å². The van der Waals surface area contributed by atoms with Gasteiger partial charge in [-0.3, -0.25) is 9.59 Å². The highest BCUT2D eigenvalue weighted by atomic mass is 16.5. The third-order valence-corrected chi connectivity index (χ3v) is 3.87. The third-order valence-electron chi connectivity index (χ3n) is 3.87. The van der Waals surface area contributed by atoms with Crippen LogP contribution in [0.4, 0.5) is 5.69 Å². The summed E-state index contributed by atoms with van der Waals surface area (Å²) in [5.74, 6) is -1.94. The van der Waals surface area contributed by atoms with Crippen LogP contribution in [0.3, 0.4) is 0 Å². The summed E-state index contributed by atoms with van der Waals surface area (Å²) < 4.78 is 11.0. The van der Waals surface area contributed by atoms with Gasteiger partial charge < -0.3 is 14.5 Å². The Morgan fingerprint density at radius 2 is 1.93 bits per heavy atom. The average Bonchev–Trinajstić information content (AvgIpc) is 3.02. The van der Waals surface area contributed by atoms with Crippen molar-refractivity contribution in [3.8, 4) is 11.5 Å². The molecule has 0 saturated heterocycles. The van der Waals surface area contributed by atoms with E-state index in [1.165, 1.54) is 6.92 Å². The van der Waals surface area contributed by atoms with Gasteiger partial charge in [0.05, 0.1) is 0 Å². The molecule has 3 aromatic rings. The van der Waals surface area contributed by atoms with Crippen LogP contribution in [0.15, 0.2) is 63.8 Å². The maximum absolute atomic E-state index is 12.2. The number of amides is 1. The fourth-order valence-corrected chi connectivity index (χ4v) is 2.48. The summed E-state index contributed by atoms with van der Waals surface area (Å²) in [6.45, 7) is 2.89. The van der Waals surface area contributed by atoms with Crippen molar-refractivity contribution in [2.75, 3.05) is 5.32 Å². The Labute approximate surface area is 160 Å². The van der Waals surface area contributed by atoms with Crippen LogP contribution in [0.2, 0.25) is 0 Å². The summed E-state index contributed by atoms with van der Waals surface area (Å²) in [5, 5.41) is 6.66. The maximum Gasteiger partial charge on any atom is 0.437 e. The molecule has 1 heterocycles. The van der Waals surface area contributed by atoms with E-state index in [4.69, 9.17) is 9.15 Å². The summed E-state index contributed by atoms with van der Waals surface area (Å²) >= 11 is 0. The van der Waals surface area contributed by atoms with E-state index in [9.17, 15) is 14.4 Å². The Bertz CT molecular complexity index is 1040. The van der Waals surface area contributed by atoms with Crippen LogP contribution >= 0.6 is 0 Å². The first-order valence-electron chi connectivity index (χ1n) is 8.63. The number of hydrogen-bond donors (Lipinski definition) is 1. The quantitative estimate of drug-likeness (QED) is 0.658. The van der Waals surface area contributed by atoms with Crippen molar-refractivity contribution in [2.45, 2.75) is 26.5 Å². The van der Waals surface area contributed by atoms with Crippen LogP contribution in [-0.2, 0) is 20.9 Å². The van der Waals surface area contributed by atoms with Crippen molar-refractivity contribution in [3.63, 3.8) is 0 Å². The zero-order valence-electron chi connectivity index (χ0n) is 15.4. The number of esters is 1. The van der Waals surface area contributed by atoms with Gasteiger partial charge >= 0.3 is 11.7 Å². The molecule has 0 fully saturated rings. The predicted molar refractivity (Wildman–Crippen MR) is 102 cm³/mol. The molecule has 0 aliphatic heterocycles. The lowest BCUT2D eigenvalue weighted by atomic mass is 10.2. The average molecular weight is 381 g/mol. The molecule has 0 saturated carbocycles. The minimum Gasteiger partial charge on any atom is -0.451 e. The normalized spacial score (nSPS) is 11.6. The summed E-state index contributed by atoms with van der Waals surface area (Å²) in [6.07, 6.45) is -1.04. The topological polar surface area (TPSA) is 103 Å². The molecule has 28 heavy (non-hydrogen) atoms. The summed E-state index contributed by atoms with van der Waals surface area (Å²) in [7, 11) is 0. The van der Waals surface area contributed by atoms with Gasteiger partial charge in [0, 0.05) is 11.3 Å². The highest BCUT2D eigenvalue weighted by molar-refractivity contribution is 5.95. The van der Waals surface area contributed by atoms with Crippen LogP contribution in [0, 0.1) is 6.92 Å². The van der Waals surface area contributed by atoms with Crippen molar-refractivity contribution in [1.82, 2.24) is 9.78 Å². The van der Waals surface area contributed by atoms with Crippen molar-refractivity contribution < 1.29 is 18.7 Å². The molecule has 2 aromatic carbocycles. The molecule has 1 amide bonds. The SMILES string of the molecule is Cc1cccc(NC(=O)[C@@H](C)OC(=O)Cn2nc(-c3ccccc3)oc2=O)c1. The molecular formula is C20H19N3O5. The maximum atomic E-state index is 12.2. The van der Waals surface area contributed by atoms with Gasteiger partial charge in [0.15, 0.2) is 6.10 Å². The van der Waals surface area contributed by atoms with E-state index in [1.54, 1.807) is 36.4 Å². The lowest BCUT2D eigenvalue weighted by Gasteiger charge is -2.13. The van der Waals surface area contributed by atoms with E-state index in [1.807, 2.05) is 25.1 Å². The molecule has 1 N–H and O–H groups in total. The number of rotatable bonds is 6. The molecule has 1 atom stereocenters. The number of nitrogens with one attached hydrogen (secondary N) is 1. The fraction of sp³-hybridized carbons (Fsp3) is 0.200. The van der Waals surface area contributed by atoms with Gasteiger partial charge in [-0.25, -0.2) is 4.79 Å². The highest BCUT2D eigenvalue weighted by Gasteiger charge is 2.20. The Hall–Kier alpha value is -3.68. The van der Waals surface area contributed by atoms with Gasteiger partial charge in [-0.1, -0.05) is 30.3 Å². The van der Waals surface area contributed by atoms with E-state index in [0.29, 0.717) is 11.3 Å². The molecule has 144 valence electrons. The van der Waals surface area contributed by atoms with Crippen LogP contribution in [0.25, 0.3) is 11.5 Å². The monoisotopic (exact) mass is 381 g/mol. The number of anilines is 1. The van der Waals surface area contributed by atoms with Gasteiger partial charge in [0.2, 0.25) is 5.89 Å². The molecule has 8 heteroatoms. The number of carbonyl (C=O) groups excluding carboxylic acids is 2. The highest BCUT2D eigenvalue weighted by Crippen LogP contribution is 2.14. The first-order valence-corrected chi connectivity index (χ1v) is 8.63. The number of nitrogens with zero attached hydrogens (tertiary/aromatic N) is 2. The molecule has 0 aliphatic rings. The second kappa shape index (κ2) is 8.34. The van der Waals surface area contributed by atoms with Gasteiger partial charge in [0.25, 0.3) is 5.91 Å². The third kappa shape index (κ3) is 4.73. The van der Waals surface area contributed by atoms with E-state index < -0.39 is 30.3 Å². The van der Waals surface area contributed by atoms with Crippen LogP contribution < -0.4 is 11.1 Å². The molecule has 0 radical (unpaired) electrons. The molecular weight excluding hydrogens is 362 g/mol. The molecule has 0 bridgehead atoms. The van der Waals surface area contributed by atoms with Gasteiger partial charge in [0.1, 0.15) is 6.54 Å². The number of aromatic nitrogens is 2. The molecule has 0 spiro atoms. The Morgan fingerprint density at radius 3 is 2.64 bits per heavy atom. The van der Waals surface area contributed by atoms with Crippen LogP contribution in [0.1, 0.15) is 12.5 Å². The number of benzene rings is 2. The zero-order valence-corrected chi connectivity index (χ0v) is 15.4.